The molecule has 0 amide bonds. The van der Waals surface area contributed by atoms with Gasteiger partial charge < -0.3 is 10.2 Å². The van der Waals surface area contributed by atoms with Crippen LogP contribution in [0.3, 0.4) is 0 Å². The Labute approximate surface area is 209 Å². The van der Waals surface area contributed by atoms with Crippen molar-refractivity contribution in [1.82, 2.24) is 0 Å². The van der Waals surface area contributed by atoms with Crippen LogP contribution in [0, 0.1) is 50.7 Å². The standard InChI is InChI=1S/C31H52O3/c1-20(10-9-11-21(2)26(33)34)22-12-19-31(8)29(22,6)17-14-24-28(5)16-15-25(32)27(3,4)23(28)13-18-30(24,31)7/h11,20,22-25,32H,9-10,12-19H2,1-8H3,(H,33,34)/t20?,22?,23?,24?,25-,28-,29-,30+,31-/m0/s1. The van der Waals surface area contributed by atoms with Crippen molar-refractivity contribution < 1.29 is 15.0 Å². The maximum absolute atomic E-state index is 11.2. The van der Waals surface area contributed by atoms with Gasteiger partial charge in [-0.05, 0) is 122 Å². The quantitative estimate of drug-likeness (QED) is 0.400. The minimum atomic E-state index is -0.790. The van der Waals surface area contributed by atoms with Crippen molar-refractivity contribution in [1.29, 1.82) is 0 Å². The van der Waals surface area contributed by atoms with Crippen LogP contribution < -0.4 is 0 Å². The molecule has 4 unspecified atom stereocenters. The number of aliphatic hydroxyl groups is 1. The molecule has 0 aromatic carbocycles. The molecule has 4 fully saturated rings. The van der Waals surface area contributed by atoms with Crippen LogP contribution in [-0.4, -0.2) is 22.3 Å². The van der Waals surface area contributed by atoms with E-state index in [4.69, 9.17) is 0 Å². The molecule has 3 nitrogen and oxygen atoms in total. The molecular weight excluding hydrogens is 420 g/mol. The van der Waals surface area contributed by atoms with Crippen LogP contribution in [0.15, 0.2) is 11.6 Å². The minimum absolute atomic E-state index is 0.0182. The highest BCUT2D eigenvalue weighted by molar-refractivity contribution is 5.85. The highest BCUT2D eigenvalue weighted by atomic mass is 16.4. The molecule has 0 aromatic rings. The van der Waals surface area contributed by atoms with Gasteiger partial charge in [0, 0.05) is 5.57 Å². The molecule has 2 N–H and O–H groups in total. The van der Waals surface area contributed by atoms with Gasteiger partial charge in [-0.15, -0.1) is 0 Å². The summed E-state index contributed by atoms with van der Waals surface area (Å²) < 4.78 is 0. The number of allylic oxidation sites excluding steroid dienone is 1. The third-order valence-electron chi connectivity index (χ3n) is 13.4. The first kappa shape index (κ1) is 26.2. The normalized spacial score (nSPS) is 49.0. The zero-order valence-corrected chi connectivity index (χ0v) is 23.3. The van der Waals surface area contributed by atoms with Gasteiger partial charge in [-0.25, -0.2) is 4.79 Å². The summed E-state index contributed by atoms with van der Waals surface area (Å²) in [6.45, 7) is 19.4. The summed E-state index contributed by atoms with van der Waals surface area (Å²) in [7, 11) is 0. The van der Waals surface area contributed by atoms with Crippen LogP contribution >= 0.6 is 0 Å². The Kier molecular flexibility index (Phi) is 6.45. The lowest BCUT2D eigenvalue weighted by Crippen LogP contribution is -2.65. The van der Waals surface area contributed by atoms with E-state index in [9.17, 15) is 15.0 Å². The van der Waals surface area contributed by atoms with Crippen molar-refractivity contribution in [3.63, 3.8) is 0 Å². The van der Waals surface area contributed by atoms with E-state index in [-0.39, 0.29) is 11.5 Å². The summed E-state index contributed by atoms with van der Waals surface area (Å²) in [6, 6.07) is 0. The Balaban J connectivity index is 1.59. The number of carboxylic acid groups (broad SMARTS) is 1. The van der Waals surface area contributed by atoms with Crippen LogP contribution in [0.1, 0.15) is 120 Å². The number of carboxylic acids is 1. The van der Waals surface area contributed by atoms with Crippen LogP contribution in [0.2, 0.25) is 0 Å². The molecule has 4 aliphatic rings. The van der Waals surface area contributed by atoms with E-state index in [2.05, 4.69) is 48.5 Å². The molecule has 4 saturated carbocycles. The van der Waals surface area contributed by atoms with E-state index in [1.165, 1.54) is 44.9 Å². The lowest BCUT2D eigenvalue weighted by atomic mass is 9.33. The summed E-state index contributed by atoms with van der Waals surface area (Å²) in [4.78, 5) is 11.2. The van der Waals surface area contributed by atoms with Gasteiger partial charge in [0.15, 0.2) is 0 Å². The van der Waals surface area contributed by atoms with E-state index in [1.807, 2.05) is 6.08 Å². The monoisotopic (exact) mass is 472 g/mol. The van der Waals surface area contributed by atoms with Crippen LogP contribution in [0.25, 0.3) is 0 Å². The largest absolute Gasteiger partial charge is 0.478 e. The molecule has 34 heavy (non-hydrogen) atoms. The van der Waals surface area contributed by atoms with Gasteiger partial charge in [-0.2, -0.15) is 0 Å². The second-order valence-electron chi connectivity index (χ2n) is 14.6. The average molecular weight is 473 g/mol. The smallest absolute Gasteiger partial charge is 0.330 e. The van der Waals surface area contributed by atoms with Gasteiger partial charge in [0.1, 0.15) is 0 Å². The van der Waals surface area contributed by atoms with E-state index >= 15 is 0 Å². The zero-order valence-electron chi connectivity index (χ0n) is 23.3. The fraction of sp³-hybridized carbons (Fsp3) is 0.903. The van der Waals surface area contributed by atoms with Gasteiger partial charge in [0.05, 0.1) is 6.10 Å². The van der Waals surface area contributed by atoms with Gasteiger partial charge >= 0.3 is 5.97 Å². The topological polar surface area (TPSA) is 57.5 Å². The summed E-state index contributed by atoms with van der Waals surface area (Å²) in [6.07, 6.45) is 13.8. The number of hydrogen-bond donors (Lipinski definition) is 2. The van der Waals surface area contributed by atoms with Crippen molar-refractivity contribution >= 4 is 5.97 Å². The molecule has 0 spiro atoms. The second-order valence-corrected chi connectivity index (χ2v) is 14.6. The van der Waals surface area contributed by atoms with Crippen molar-refractivity contribution in [3.05, 3.63) is 11.6 Å². The number of aliphatic carboxylic acids is 1. The SMILES string of the molecule is CC(=CCCC(C)C1CC[C@@]2(C)[C@@]1(C)CCC1[C@@]3(C)CC[C@H](O)C(C)(C)C3CC[C@]12C)C(=O)O. The fourth-order valence-corrected chi connectivity index (χ4v) is 10.9. The molecule has 0 radical (unpaired) electrons. The molecule has 0 aliphatic heterocycles. The Morgan fingerprint density at radius 3 is 2.18 bits per heavy atom. The molecule has 3 heteroatoms. The van der Waals surface area contributed by atoms with Crippen LogP contribution in [-0.2, 0) is 4.79 Å². The van der Waals surface area contributed by atoms with E-state index in [1.54, 1.807) is 6.92 Å². The average Bonchev–Trinajstić information content (AvgIpc) is 3.03. The zero-order chi connectivity index (χ0) is 25.3. The Bertz CT molecular complexity index is 844. The third kappa shape index (κ3) is 3.41. The number of rotatable bonds is 5. The first-order chi connectivity index (χ1) is 15.6. The van der Waals surface area contributed by atoms with Crippen molar-refractivity contribution in [2.75, 3.05) is 0 Å². The molecule has 194 valence electrons. The van der Waals surface area contributed by atoms with E-state index < -0.39 is 5.97 Å². The Morgan fingerprint density at radius 1 is 0.912 bits per heavy atom. The minimum Gasteiger partial charge on any atom is -0.478 e. The molecule has 0 aromatic heterocycles. The fourth-order valence-electron chi connectivity index (χ4n) is 10.9. The maximum atomic E-state index is 11.2. The molecule has 4 rings (SSSR count). The molecule has 9 atom stereocenters. The Hall–Kier alpha value is -0.830. The van der Waals surface area contributed by atoms with Gasteiger partial charge in [0.2, 0.25) is 0 Å². The van der Waals surface area contributed by atoms with Crippen LogP contribution in [0.4, 0.5) is 0 Å². The van der Waals surface area contributed by atoms with Gasteiger partial charge in [-0.3, -0.25) is 0 Å². The molecule has 4 aliphatic carbocycles. The lowest BCUT2D eigenvalue weighted by Gasteiger charge is -2.72. The predicted molar refractivity (Wildman–Crippen MR) is 139 cm³/mol. The summed E-state index contributed by atoms with van der Waals surface area (Å²) in [5, 5.41) is 20.1. The van der Waals surface area contributed by atoms with Crippen molar-refractivity contribution in [3.8, 4) is 0 Å². The predicted octanol–water partition coefficient (Wildman–Crippen LogP) is 7.87. The number of hydrogen-bond acceptors (Lipinski definition) is 2. The third-order valence-corrected chi connectivity index (χ3v) is 13.4. The van der Waals surface area contributed by atoms with E-state index in [0.29, 0.717) is 39.1 Å². The highest BCUT2D eigenvalue weighted by Gasteiger charge is 2.71. The molecule has 0 saturated heterocycles. The summed E-state index contributed by atoms with van der Waals surface area (Å²) in [5.41, 5.74) is 1.90. The lowest BCUT2D eigenvalue weighted by molar-refractivity contribution is -0.240. The van der Waals surface area contributed by atoms with Gasteiger partial charge in [0.25, 0.3) is 0 Å². The van der Waals surface area contributed by atoms with Crippen LogP contribution in [0.5, 0.6) is 0 Å². The van der Waals surface area contributed by atoms with Crippen molar-refractivity contribution in [2.45, 2.75) is 126 Å². The number of aliphatic hydroxyl groups excluding tert-OH is 1. The van der Waals surface area contributed by atoms with E-state index in [0.717, 1.165) is 31.1 Å². The highest BCUT2D eigenvalue weighted by Crippen LogP contribution is 2.79. The molecule has 0 heterocycles. The maximum Gasteiger partial charge on any atom is 0.330 e. The molecule has 0 bridgehead atoms. The second kappa shape index (κ2) is 8.35. The summed E-state index contributed by atoms with van der Waals surface area (Å²) in [5.74, 6) is 1.93. The number of carbonyl (C=O) groups is 1. The van der Waals surface area contributed by atoms with Gasteiger partial charge in [-0.1, -0.05) is 54.5 Å². The first-order valence-electron chi connectivity index (χ1n) is 14.2. The van der Waals surface area contributed by atoms with Crippen molar-refractivity contribution in [2.24, 2.45) is 50.7 Å². The molecular formula is C31H52O3. The summed E-state index contributed by atoms with van der Waals surface area (Å²) >= 11 is 0. The first-order valence-corrected chi connectivity index (χ1v) is 14.2. The Morgan fingerprint density at radius 2 is 1.53 bits per heavy atom. The number of fused-ring (bicyclic) bond motifs is 5.